The van der Waals surface area contributed by atoms with Crippen LogP contribution in [-0.4, -0.2) is 25.7 Å². The molecule has 6 nitrogen and oxygen atoms in total. The molecule has 0 spiro atoms. The molecule has 0 aliphatic rings. The van der Waals surface area contributed by atoms with E-state index in [0.717, 1.165) is 22.8 Å². The van der Waals surface area contributed by atoms with E-state index in [0.29, 0.717) is 16.8 Å². The fourth-order valence-electron chi connectivity index (χ4n) is 3.25. The van der Waals surface area contributed by atoms with Crippen molar-refractivity contribution in [2.75, 3.05) is 6.26 Å². The van der Waals surface area contributed by atoms with Crippen LogP contribution in [0.1, 0.15) is 28.9 Å². The molecule has 0 radical (unpaired) electrons. The fraction of sp³-hybridized carbons (Fsp3) is 0.130. The summed E-state index contributed by atoms with van der Waals surface area (Å²) in [7, 11) is -3.26. The summed E-state index contributed by atoms with van der Waals surface area (Å²) in [5.74, 6) is 0.376. The lowest BCUT2D eigenvalue weighted by Gasteiger charge is -2.15. The van der Waals surface area contributed by atoms with Crippen LogP contribution in [-0.2, 0) is 9.84 Å². The quantitative estimate of drug-likeness (QED) is 0.517. The highest BCUT2D eigenvalue weighted by molar-refractivity contribution is 7.90. The Balaban J connectivity index is 1.57. The Kier molecular flexibility index (Phi) is 5.13. The van der Waals surface area contributed by atoms with Crippen LogP contribution in [0.3, 0.4) is 0 Å². The number of nitrogens with one attached hydrogen (secondary N) is 1. The van der Waals surface area contributed by atoms with Crippen LogP contribution in [0.4, 0.5) is 0 Å². The topological polar surface area (TPSA) is 89.3 Å². The summed E-state index contributed by atoms with van der Waals surface area (Å²) in [6.45, 7) is 1.85. The Morgan fingerprint density at radius 2 is 1.70 bits per heavy atom. The Hall–Kier alpha value is -3.45. The average molecular weight is 420 g/mol. The zero-order chi connectivity index (χ0) is 21.3. The van der Waals surface area contributed by atoms with Crippen molar-refractivity contribution in [1.29, 1.82) is 0 Å². The van der Waals surface area contributed by atoms with Gasteiger partial charge in [-0.3, -0.25) is 4.79 Å². The van der Waals surface area contributed by atoms with E-state index in [-0.39, 0.29) is 16.8 Å². The predicted molar refractivity (Wildman–Crippen MR) is 115 cm³/mol. The lowest BCUT2D eigenvalue weighted by molar-refractivity contribution is 0.0940. The maximum absolute atomic E-state index is 12.8. The van der Waals surface area contributed by atoms with E-state index in [1.54, 1.807) is 42.5 Å². The molecule has 1 heterocycles. The number of aromatic nitrogens is 1. The van der Waals surface area contributed by atoms with E-state index in [4.69, 9.17) is 4.52 Å². The fourth-order valence-corrected chi connectivity index (χ4v) is 3.88. The molecule has 1 unspecified atom stereocenters. The Morgan fingerprint density at radius 3 is 2.37 bits per heavy atom. The van der Waals surface area contributed by atoms with Gasteiger partial charge in [0.1, 0.15) is 5.52 Å². The minimum atomic E-state index is -3.26. The van der Waals surface area contributed by atoms with E-state index < -0.39 is 9.84 Å². The number of carbonyl (C=O) groups excluding carboxylic acids is 1. The SMILES string of the molecule is CC(NC(=O)c1ccc2noc(-c3ccccc3)c2c1)c1ccc(S(C)(=O)=O)cc1. The molecule has 152 valence electrons. The largest absolute Gasteiger partial charge is 0.355 e. The number of benzene rings is 3. The van der Waals surface area contributed by atoms with Gasteiger partial charge in [0.05, 0.1) is 16.3 Å². The normalized spacial score (nSPS) is 12.6. The molecular weight excluding hydrogens is 400 g/mol. The van der Waals surface area contributed by atoms with Gasteiger partial charge >= 0.3 is 0 Å². The van der Waals surface area contributed by atoms with E-state index >= 15 is 0 Å². The van der Waals surface area contributed by atoms with E-state index in [9.17, 15) is 13.2 Å². The summed E-state index contributed by atoms with van der Waals surface area (Å²) < 4.78 is 28.7. The van der Waals surface area contributed by atoms with Gasteiger partial charge in [0.15, 0.2) is 15.6 Å². The zero-order valence-electron chi connectivity index (χ0n) is 16.5. The van der Waals surface area contributed by atoms with Crippen LogP contribution < -0.4 is 5.32 Å². The van der Waals surface area contributed by atoms with Crippen molar-refractivity contribution >= 4 is 26.6 Å². The van der Waals surface area contributed by atoms with Crippen LogP contribution >= 0.6 is 0 Å². The summed E-state index contributed by atoms with van der Waals surface area (Å²) in [6.07, 6.45) is 1.16. The van der Waals surface area contributed by atoms with Crippen LogP contribution in [0.5, 0.6) is 0 Å². The number of rotatable bonds is 5. The number of carbonyl (C=O) groups is 1. The molecule has 4 aromatic rings. The summed E-state index contributed by atoms with van der Waals surface area (Å²) >= 11 is 0. The molecule has 0 aliphatic heterocycles. The second-order valence-corrected chi connectivity index (χ2v) is 9.16. The first-order chi connectivity index (χ1) is 14.3. The molecule has 1 atom stereocenters. The van der Waals surface area contributed by atoms with Crippen LogP contribution in [0.2, 0.25) is 0 Å². The highest BCUT2D eigenvalue weighted by Crippen LogP contribution is 2.29. The van der Waals surface area contributed by atoms with Gasteiger partial charge in [-0.15, -0.1) is 0 Å². The molecule has 1 amide bonds. The predicted octanol–water partition coefficient (Wildman–Crippen LogP) is 4.39. The molecule has 1 aromatic heterocycles. The maximum Gasteiger partial charge on any atom is 0.251 e. The second kappa shape index (κ2) is 7.76. The van der Waals surface area contributed by atoms with Gasteiger partial charge in [-0.2, -0.15) is 0 Å². The number of sulfone groups is 1. The monoisotopic (exact) mass is 420 g/mol. The molecule has 3 aromatic carbocycles. The highest BCUT2D eigenvalue weighted by atomic mass is 32.2. The minimum Gasteiger partial charge on any atom is -0.355 e. The summed E-state index contributed by atoms with van der Waals surface area (Å²) in [5.41, 5.74) is 2.86. The van der Waals surface area contributed by atoms with Crippen LogP contribution in [0.15, 0.2) is 82.2 Å². The van der Waals surface area contributed by atoms with Gasteiger partial charge < -0.3 is 9.84 Å². The maximum atomic E-state index is 12.8. The molecule has 0 saturated heterocycles. The first-order valence-electron chi connectivity index (χ1n) is 9.38. The second-order valence-electron chi connectivity index (χ2n) is 7.15. The number of hydrogen-bond donors (Lipinski definition) is 1. The third-order valence-electron chi connectivity index (χ3n) is 4.93. The van der Waals surface area contributed by atoms with E-state index in [1.165, 1.54) is 0 Å². The third-order valence-corrected chi connectivity index (χ3v) is 6.06. The van der Waals surface area contributed by atoms with Crippen molar-refractivity contribution in [3.05, 3.63) is 83.9 Å². The summed E-state index contributed by atoms with van der Waals surface area (Å²) in [6, 6.07) is 21.0. The third kappa shape index (κ3) is 3.97. The van der Waals surface area contributed by atoms with Gasteiger partial charge in [0.25, 0.3) is 5.91 Å². The summed E-state index contributed by atoms with van der Waals surface area (Å²) in [4.78, 5) is 13.1. The van der Waals surface area contributed by atoms with Gasteiger partial charge in [0, 0.05) is 17.4 Å². The Bertz CT molecular complexity index is 1310. The molecule has 1 N–H and O–H groups in total. The highest BCUT2D eigenvalue weighted by Gasteiger charge is 2.16. The van der Waals surface area contributed by atoms with Crippen LogP contribution in [0, 0.1) is 0 Å². The smallest absolute Gasteiger partial charge is 0.251 e. The van der Waals surface area contributed by atoms with Gasteiger partial charge in [-0.25, -0.2) is 8.42 Å². The standard InChI is InChI=1S/C23H20N2O4S/c1-15(16-8-11-19(12-9-16)30(2,27)28)24-23(26)18-10-13-21-20(14-18)22(29-25-21)17-6-4-3-5-7-17/h3-15H,1-2H3,(H,24,26). The Morgan fingerprint density at radius 1 is 1.00 bits per heavy atom. The first kappa shape index (κ1) is 19.8. The van der Waals surface area contributed by atoms with Gasteiger partial charge in [-0.05, 0) is 42.8 Å². The number of nitrogens with zero attached hydrogens (tertiary/aromatic N) is 1. The van der Waals surface area contributed by atoms with Crippen LogP contribution in [0.25, 0.3) is 22.2 Å². The molecule has 0 aliphatic carbocycles. The minimum absolute atomic E-state index is 0.239. The molecule has 7 heteroatoms. The average Bonchev–Trinajstić information content (AvgIpc) is 3.17. The molecule has 4 rings (SSSR count). The lowest BCUT2D eigenvalue weighted by atomic mass is 10.0. The molecule has 0 fully saturated rings. The van der Waals surface area contributed by atoms with Gasteiger partial charge in [-0.1, -0.05) is 47.6 Å². The summed E-state index contributed by atoms with van der Waals surface area (Å²) in [5, 5.41) is 7.79. The van der Waals surface area contributed by atoms with Crippen molar-refractivity contribution in [3.8, 4) is 11.3 Å². The van der Waals surface area contributed by atoms with Crippen molar-refractivity contribution in [2.24, 2.45) is 0 Å². The molecule has 0 bridgehead atoms. The zero-order valence-corrected chi connectivity index (χ0v) is 17.3. The van der Waals surface area contributed by atoms with Crippen molar-refractivity contribution in [3.63, 3.8) is 0 Å². The number of fused-ring (bicyclic) bond motifs is 1. The first-order valence-corrected chi connectivity index (χ1v) is 11.3. The molecule has 30 heavy (non-hydrogen) atoms. The number of amides is 1. The van der Waals surface area contributed by atoms with Gasteiger partial charge in [0.2, 0.25) is 0 Å². The van der Waals surface area contributed by atoms with Crippen molar-refractivity contribution < 1.29 is 17.7 Å². The Labute approximate surface area is 174 Å². The molecule has 0 saturated carbocycles. The van der Waals surface area contributed by atoms with E-state index in [1.807, 2.05) is 37.3 Å². The lowest BCUT2D eigenvalue weighted by Crippen LogP contribution is -2.26. The van der Waals surface area contributed by atoms with Crippen molar-refractivity contribution in [2.45, 2.75) is 17.9 Å². The van der Waals surface area contributed by atoms with Crippen molar-refractivity contribution in [1.82, 2.24) is 10.5 Å². The van der Waals surface area contributed by atoms with E-state index in [2.05, 4.69) is 10.5 Å². The molecular formula is C23H20N2O4S. The number of hydrogen-bond acceptors (Lipinski definition) is 5.